The van der Waals surface area contributed by atoms with Gasteiger partial charge in [0.25, 0.3) is 5.91 Å². The summed E-state index contributed by atoms with van der Waals surface area (Å²) in [5, 5.41) is 2.33. The summed E-state index contributed by atoms with van der Waals surface area (Å²) in [6, 6.07) is 16.4. The number of benzene rings is 2. The number of likely N-dealkylation sites (tertiary alicyclic amines) is 1. The van der Waals surface area contributed by atoms with Crippen LogP contribution >= 0.6 is 0 Å². The summed E-state index contributed by atoms with van der Waals surface area (Å²) in [7, 11) is 0. The van der Waals surface area contributed by atoms with E-state index in [-0.39, 0.29) is 5.91 Å². The van der Waals surface area contributed by atoms with E-state index in [0.29, 0.717) is 6.54 Å². The molecule has 0 radical (unpaired) electrons. The average molecular weight is 293 g/mol. The predicted molar refractivity (Wildman–Crippen MR) is 89.5 cm³/mol. The van der Waals surface area contributed by atoms with Gasteiger partial charge < -0.3 is 4.90 Å². The van der Waals surface area contributed by atoms with Gasteiger partial charge in [-0.05, 0) is 31.4 Å². The summed E-state index contributed by atoms with van der Waals surface area (Å²) < 4.78 is 1.92. The van der Waals surface area contributed by atoms with Gasteiger partial charge in [0.1, 0.15) is 0 Å². The molecule has 3 aromatic rings. The molecule has 0 unspecified atom stereocenters. The molecule has 3 nitrogen and oxygen atoms in total. The number of nitrogens with zero attached hydrogens (tertiary/aromatic N) is 1. The molecule has 0 saturated carbocycles. The number of carbonyl (C=O) groups is 1. The lowest BCUT2D eigenvalue weighted by molar-refractivity contribution is -0.896. The molecule has 0 spiro atoms. The Labute approximate surface area is 130 Å². The molecule has 112 valence electrons. The highest BCUT2D eigenvalue weighted by Crippen LogP contribution is 2.28. The molecule has 3 heteroatoms. The Hall–Kier alpha value is -2.13. The van der Waals surface area contributed by atoms with E-state index in [9.17, 15) is 4.79 Å². The van der Waals surface area contributed by atoms with Crippen LogP contribution in [0.15, 0.2) is 48.5 Å². The van der Waals surface area contributed by atoms with Gasteiger partial charge in [-0.2, -0.15) is 0 Å². The van der Waals surface area contributed by atoms with Gasteiger partial charge in [0.05, 0.1) is 24.1 Å². The SMILES string of the molecule is O=C(C[NH+]1CCCCC1)n1c2ccccc2c2ccccc21. The molecule has 4 rings (SSSR count). The van der Waals surface area contributed by atoms with Crippen molar-refractivity contribution in [1.29, 1.82) is 0 Å². The van der Waals surface area contributed by atoms with Crippen molar-refractivity contribution in [3.05, 3.63) is 48.5 Å². The van der Waals surface area contributed by atoms with Crippen molar-refractivity contribution >= 4 is 27.7 Å². The fourth-order valence-corrected chi connectivity index (χ4v) is 3.71. The number of rotatable bonds is 2. The molecular formula is C19H21N2O+. The summed E-state index contributed by atoms with van der Waals surface area (Å²) in [4.78, 5) is 14.4. The van der Waals surface area contributed by atoms with Gasteiger partial charge in [-0.25, -0.2) is 0 Å². The first-order chi connectivity index (χ1) is 10.8. The second-order valence-corrected chi connectivity index (χ2v) is 6.25. The standard InChI is InChI=1S/C19H20N2O/c22-19(14-20-12-6-1-7-13-20)21-17-10-4-2-8-15(17)16-9-3-5-11-18(16)21/h2-5,8-11H,1,6-7,12-14H2/p+1. The fraction of sp³-hybridized carbons (Fsp3) is 0.316. The van der Waals surface area contributed by atoms with Crippen molar-refractivity contribution in [2.75, 3.05) is 19.6 Å². The number of nitrogens with one attached hydrogen (secondary N) is 1. The van der Waals surface area contributed by atoms with Crippen LogP contribution < -0.4 is 4.90 Å². The van der Waals surface area contributed by atoms with E-state index in [1.807, 2.05) is 28.8 Å². The quantitative estimate of drug-likeness (QED) is 0.772. The highest BCUT2D eigenvalue weighted by molar-refractivity contribution is 6.13. The average Bonchev–Trinajstić information content (AvgIpc) is 2.90. The number of quaternary nitrogens is 1. The minimum Gasteiger partial charge on any atom is -0.327 e. The van der Waals surface area contributed by atoms with E-state index in [1.165, 1.54) is 34.9 Å². The summed E-state index contributed by atoms with van der Waals surface area (Å²) >= 11 is 0. The molecule has 0 atom stereocenters. The Bertz CT molecular complexity index is 774. The maximum atomic E-state index is 12.9. The van der Waals surface area contributed by atoms with Crippen molar-refractivity contribution < 1.29 is 9.69 Å². The number of carbonyl (C=O) groups excluding carboxylic acids is 1. The van der Waals surface area contributed by atoms with Gasteiger partial charge in [-0.15, -0.1) is 0 Å². The Morgan fingerprint density at radius 1 is 0.864 bits per heavy atom. The van der Waals surface area contributed by atoms with Gasteiger partial charge in [0.2, 0.25) is 0 Å². The molecule has 1 N–H and O–H groups in total. The number of aromatic nitrogens is 1. The summed E-state index contributed by atoms with van der Waals surface area (Å²) in [6.07, 6.45) is 3.80. The molecule has 1 aliphatic rings. The largest absolute Gasteiger partial charge is 0.327 e. The normalized spacial score (nSPS) is 16.4. The summed E-state index contributed by atoms with van der Waals surface area (Å²) in [6.45, 7) is 2.86. The smallest absolute Gasteiger partial charge is 0.286 e. The van der Waals surface area contributed by atoms with E-state index in [2.05, 4.69) is 24.3 Å². The molecule has 0 amide bonds. The van der Waals surface area contributed by atoms with Crippen molar-refractivity contribution in [2.24, 2.45) is 0 Å². The minimum absolute atomic E-state index is 0.217. The van der Waals surface area contributed by atoms with Gasteiger partial charge in [0.15, 0.2) is 6.54 Å². The number of piperidine rings is 1. The van der Waals surface area contributed by atoms with Crippen LogP contribution in [0, 0.1) is 0 Å². The zero-order valence-corrected chi connectivity index (χ0v) is 12.7. The van der Waals surface area contributed by atoms with Crippen LogP contribution in [-0.2, 0) is 0 Å². The maximum Gasteiger partial charge on any atom is 0.286 e. The van der Waals surface area contributed by atoms with E-state index >= 15 is 0 Å². The zero-order chi connectivity index (χ0) is 14.9. The first kappa shape index (κ1) is 13.5. The molecule has 1 fully saturated rings. The maximum absolute atomic E-state index is 12.9. The van der Waals surface area contributed by atoms with Crippen LogP contribution in [0.25, 0.3) is 21.8 Å². The molecule has 2 aromatic carbocycles. The van der Waals surface area contributed by atoms with Crippen LogP contribution in [0.3, 0.4) is 0 Å². The third kappa shape index (κ3) is 2.22. The third-order valence-electron chi connectivity index (χ3n) is 4.79. The van der Waals surface area contributed by atoms with Gasteiger partial charge >= 0.3 is 0 Å². The summed E-state index contributed by atoms with van der Waals surface area (Å²) in [5.41, 5.74) is 2.07. The van der Waals surface area contributed by atoms with Crippen LogP contribution in [0.5, 0.6) is 0 Å². The van der Waals surface area contributed by atoms with Crippen LogP contribution in [0.2, 0.25) is 0 Å². The lowest BCUT2D eigenvalue weighted by atomic mass is 10.1. The van der Waals surface area contributed by atoms with Crippen molar-refractivity contribution in [1.82, 2.24) is 4.57 Å². The monoisotopic (exact) mass is 293 g/mol. The molecule has 22 heavy (non-hydrogen) atoms. The second-order valence-electron chi connectivity index (χ2n) is 6.25. The highest BCUT2D eigenvalue weighted by atomic mass is 16.2. The number of hydrogen-bond donors (Lipinski definition) is 1. The Morgan fingerprint density at radius 3 is 2.00 bits per heavy atom. The Morgan fingerprint density at radius 2 is 1.41 bits per heavy atom. The van der Waals surface area contributed by atoms with E-state index in [4.69, 9.17) is 0 Å². The Balaban J connectivity index is 1.80. The lowest BCUT2D eigenvalue weighted by Gasteiger charge is -2.23. The highest BCUT2D eigenvalue weighted by Gasteiger charge is 2.21. The van der Waals surface area contributed by atoms with Crippen molar-refractivity contribution in [2.45, 2.75) is 19.3 Å². The van der Waals surface area contributed by atoms with Crippen LogP contribution in [-0.4, -0.2) is 30.1 Å². The van der Waals surface area contributed by atoms with Crippen LogP contribution in [0.4, 0.5) is 0 Å². The third-order valence-corrected chi connectivity index (χ3v) is 4.79. The fourth-order valence-electron chi connectivity index (χ4n) is 3.71. The predicted octanol–water partition coefficient (Wildman–Crippen LogP) is 2.50. The molecule has 1 saturated heterocycles. The van der Waals surface area contributed by atoms with Crippen LogP contribution in [0.1, 0.15) is 24.1 Å². The minimum atomic E-state index is 0.217. The van der Waals surface area contributed by atoms with Gasteiger partial charge in [-0.3, -0.25) is 9.36 Å². The molecule has 1 aromatic heterocycles. The van der Waals surface area contributed by atoms with Gasteiger partial charge in [0, 0.05) is 10.8 Å². The first-order valence-corrected chi connectivity index (χ1v) is 8.19. The number of fused-ring (bicyclic) bond motifs is 3. The molecular weight excluding hydrogens is 272 g/mol. The second kappa shape index (κ2) is 5.58. The van der Waals surface area contributed by atoms with Gasteiger partial charge in [-0.1, -0.05) is 36.4 Å². The number of hydrogen-bond acceptors (Lipinski definition) is 1. The Kier molecular flexibility index (Phi) is 3.43. The zero-order valence-electron chi connectivity index (χ0n) is 12.7. The van der Waals surface area contributed by atoms with E-state index < -0.39 is 0 Å². The van der Waals surface area contributed by atoms with Crippen molar-refractivity contribution in [3.8, 4) is 0 Å². The van der Waals surface area contributed by atoms with Crippen molar-refractivity contribution in [3.63, 3.8) is 0 Å². The summed E-state index contributed by atoms with van der Waals surface area (Å²) in [5.74, 6) is 0.217. The van der Waals surface area contributed by atoms with E-state index in [0.717, 1.165) is 24.1 Å². The molecule has 0 bridgehead atoms. The molecule has 0 aliphatic carbocycles. The topological polar surface area (TPSA) is 26.4 Å². The van der Waals surface area contributed by atoms with E-state index in [1.54, 1.807) is 0 Å². The molecule has 1 aliphatic heterocycles. The first-order valence-electron chi connectivity index (χ1n) is 8.19. The lowest BCUT2D eigenvalue weighted by Crippen LogP contribution is -3.13. The number of para-hydroxylation sites is 2. The molecule has 2 heterocycles.